The Kier molecular flexibility index (Phi) is 2.54. The van der Waals surface area contributed by atoms with Crippen LogP contribution in [0.15, 0.2) is 18.5 Å². The van der Waals surface area contributed by atoms with E-state index < -0.39 is 6.10 Å². The van der Waals surface area contributed by atoms with Gasteiger partial charge in [-0.05, 0) is 24.8 Å². The Balaban J connectivity index is 2.08. The third-order valence-corrected chi connectivity index (χ3v) is 2.70. The van der Waals surface area contributed by atoms with Crippen LogP contribution in [0.25, 0.3) is 0 Å². The van der Waals surface area contributed by atoms with Crippen LogP contribution >= 0.6 is 0 Å². The van der Waals surface area contributed by atoms with Gasteiger partial charge in [-0.2, -0.15) is 0 Å². The van der Waals surface area contributed by atoms with E-state index in [4.69, 9.17) is 0 Å². The van der Waals surface area contributed by atoms with Crippen LogP contribution in [0.1, 0.15) is 37.6 Å². The van der Waals surface area contributed by atoms with Gasteiger partial charge in [0.05, 0.1) is 0 Å². The van der Waals surface area contributed by atoms with Gasteiger partial charge in [0.25, 0.3) is 0 Å². The molecule has 1 saturated carbocycles. The van der Waals surface area contributed by atoms with E-state index in [0.717, 1.165) is 12.8 Å². The molecular weight excluding hydrogens is 164 g/mol. The average Bonchev–Trinajstić information content (AvgIpc) is 2.71. The molecule has 1 aliphatic rings. The molecule has 1 aliphatic carbocycles. The van der Waals surface area contributed by atoms with Gasteiger partial charge in [0.1, 0.15) is 6.10 Å². The molecule has 1 atom stereocenters. The first-order valence-corrected chi connectivity index (χ1v) is 4.83. The number of hydrogen-bond donors (Lipinski definition) is 1. The van der Waals surface area contributed by atoms with Gasteiger partial charge in [-0.1, -0.05) is 12.8 Å². The Bertz CT molecular complexity index is 257. The molecular formula is C10H14N2O. The molecule has 1 N–H and O–H groups in total. The SMILES string of the molecule is OC(c1ncccn1)C1CCCC1. The Morgan fingerprint density at radius 1 is 1.23 bits per heavy atom. The topological polar surface area (TPSA) is 46.0 Å². The van der Waals surface area contributed by atoms with Crippen molar-refractivity contribution in [1.82, 2.24) is 9.97 Å². The van der Waals surface area contributed by atoms with E-state index in [1.165, 1.54) is 12.8 Å². The van der Waals surface area contributed by atoms with Gasteiger partial charge in [-0.25, -0.2) is 9.97 Å². The zero-order valence-electron chi connectivity index (χ0n) is 7.56. The molecule has 0 amide bonds. The van der Waals surface area contributed by atoms with Crippen molar-refractivity contribution in [3.05, 3.63) is 24.3 Å². The second kappa shape index (κ2) is 3.83. The predicted molar refractivity (Wildman–Crippen MR) is 48.9 cm³/mol. The van der Waals surface area contributed by atoms with Gasteiger partial charge in [0.15, 0.2) is 5.82 Å². The van der Waals surface area contributed by atoms with E-state index in [9.17, 15) is 5.11 Å². The van der Waals surface area contributed by atoms with E-state index in [1.54, 1.807) is 18.5 Å². The molecule has 2 rings (SSSR count). The molecule has 1 heterocycles. The van der Waals surface area contributed by atoms with E-state index in [2.05, 4.69) is 9.97 Å². The van der Waals surface area contributed by atoms with E-state index in [-0.39, 0.29) is 0 Å². The molecule has 0 aromatic carbocycles. The summed E-state index contributed by atoms with van der Waals surface area (Å²) >= 11 is 0. The van der Waals surface area contributed by atoms with Gasteiger partial charge in [0, 0.05) is 12.4 Å². The Labute approximate surface area is 77.8 Å². The highest BCUT2D eigenvalue weighted by atomic mass is 16.3. The van der Waals surface area contributed by atoms with Gasteiger partial charge in [-0.15, -0.1) is 0 Å². The normalized spacial score (nSPS) is 20.4. The highest BCUT2D eigenvalue weighted by Gasteiger charge is 2.25. The monoisotopic (exact) mass is 178 g/mol. The molecule has 1 aromatic heterocycles. The first-order chi connectivity index (χ1) is 6.38. The number of hydrogen-bond acceptors (Lipinski definition) is 3. The van der Waals surface area contributed by atoms with Gasteiger partial charge < -0.3 is 5.11 Å². The first-order valence-electron chi connectivity index (χ1n) is 4.83. The summed E-state index contributed by atoms with van der Waals surface area (Å²) in [4.78, 5) is 8.12. The molecule has 0 aliphatic heterocycles. The van der Waals surface area contributed by atoms with Crippen LogP contribution in [0.5, 0.6) is 0 Å². The lowest BCUT2D eigenvalue weighted by atomic mass is 10.0. The third-order valence-electron chi connectivity index (χ3n) is 2.70. The Hall–Kier alpha value is -0.960. The number of aliphatic hydroxyl groups is 1. The van der Waals surface area contributed by atoms with Crippen molar-refractivity contribution in [1.29, 1.82) is 0 Å². The predicted octanol–water partition coefficient (Wildman–Crippen LogP) is 1.70. The maximum atomic E-state index is 9.90. The van der Waals surface area contributed by atoms with E-state index in [1.807, 2.05) is 0 Å². The average molecular weight is 178 g/mol. The second-order valence-corrected chi connectivity index (χ2v) is 3.60. The quantitative estimate of drug-likeness (QED) is 0.749. The molecule has 3 nitrogen and oxygen atoms in total. The summed E-state index contributed by atoms with van der Waals surface area (Å²) in [6.45, 7) is 0. The highest BCUT2D eigenvalue weighted by Crippen LogP contribution is 2.33. The highest BCUT2D eigenvalue weighted by molar-refractivity contribution is 4.95. The summed E-state index contributed by atoms with van der Waals surface area (Å²) in [7, 11) is 0. The van der Waals surface area contributed by atoms with Crippen molar-refractivity contribution < 1.29 is 5.11 Å². The van der Waals surface area contributed by atoms with Gasteiger partial charge in [-0.3, -0.25) is 0 Å². The minimum atomic E-state index is -0.455. The standard InChI is InChI=1S/C10H14N2O/c13-9(8-4-1-2-5-8)10-11-6-3-7-12-10/h3,6-9,13H,1-2,4-5H2. The minimum absolute atomic E-state index is 0.377. The Morgan fingerprint density at radius 2 is 1.85 bits per heavy atom. The lowest BCUT2D eigenvalue weighted by molar-refractivity contribution is 0.103. The summed E-state index contributed by atoms with van der Waals surface area (Å²) in [6.07, 6.45) is 7.59. The third kappa shape index (κ3) is 1.86. The largest absolute Gasteiger partial charge is 0.385 e. The Morgan fingerprint density at radius 3 is 2.46 bits per heavy atom. The van der Waals surface area contributed by atoms with Crippen molar-refractivity contribution in [2.24, 2.45) is 5.92 Å². The fourth-order valence-electron chi connectivity index (χ4n) is 1.95. The molecule has 1 aromatic rings. The van der Waals surface area contributed by atoms with Crippen LogP contribution in [-0.2, 0) is 0 Å². The molecule has 3 heteroatoms. The van der Waals surface area contributed by atoms with Crippen molar-refractivity contribution in [2.75, 3.05) is 0 Å². The fraction of sp³-hybridized carbons (Fsp3) is 0.600. The van der Waals surface area contributed by atoms with E-state index >= 15 is 0 Å². The van der Waals surface area contributed by atoms with Gasteiger partial charge in [0.2, 0.25) is 0 Å². The maximum absolute atomic E-state index is 9.90. The van der Waals surface area contributed by atoms with E-state index in [0.29, 0.717) is 11.7 Å². The molecule has 1 fully saturated rings. The van der Waals surface area contributed by atoms with Crippen LogP contribution in [0.2, 0.25) is 0 Å². The number of nitrogens with zero attached hydrogens (tertiary/aromatic N) is 2. The summed E-state index contributed by atoms with van der Waals surface area (Å²) in [5.74, 6) is 0.955. The lowest BCUT2D eigenvalue weighted by Crippen LogP contribution is -2.11. The number of aromatic nitrogens is 2. The fourth-order valence-corrected chi connectivity index (χ4v) is 1.95. The summed E-state index contributed by atoms with van der Waals surface area (Å²) < 4.78 is 0. The van der Waals surface area contributed by atoms with Crippen molar-refractivity contribution in [3.8, 4) is 0 Å². The first kappa shape index (κ1) is 8.63. The zero-order chi connectivity index (χ0) is 9.10. The lowest BCUT2D eigenvalue weighted by Gasteiger charge is -2.15. The summed E-state index contributed by atoms with van der Waals surface area (Å²) in [5, 5.41) is 9.90. The molecule has 0 saturated heterocycles. The number of aliphatic hydroxyl groups excluding tert-OH is 1. The molecule has 1 unspecified atom stereocenters. The smallest absolute Gasteiger partial charge is 0.157 e. The molecule has 0 bridgehead atoms. The van der Waals surface area contributed by atoms with Crippen LogP contribution in [-0.4, -0.2) is 15.1 Å². The maximum Gasteiger partial charge on any atom is 0.157 e. The molecule has 13 heavy (non-hydrogen) atoms. The van der Waals surface area contributed by atoms with Crippen LogP contribution < -0.4 is 0 Å². The summed E-state index contributed by atoms with van der Waals surface area (Å²) in [5.41, 5.74) is 0. The summed E-state index contributed by atoms with van der Waals surface area (Å²) in [6, 6.07) is 1.77. The number of rotatable bonds is 2. The van der Waals surface area contributed by atoms with Gasteiger partial charge >= 0.3 is 0 Å². The molecule has 70 valence electrons. The zero-order valence-corrected chi connectivity index (χ0v) is 7.56. The van der Waals surface area contributed by atoms with Crippen molar-refractivity contribution in [2.45, 2.75) is 31.8 Å². The minimum Gasteiger partial charge on any atom is -0.385 e. The molecule has 0 spiro atoms. The van der Waals surface area contributed by atoms with Crippen molar-refractivity contribution in [3.63, 3.8) is 0 Å². The van der Waals surface area contributed by atoms with Crippen LogP contribution in [0.3, 0.4) is 0 Å². The molecule has 0 radical (unpaired) electrons. The van der Waals surface area contributed by atoms with Crippen molar-refractivity contribution >= 4 is 0 Å². The van der Waals surface area contributed by atoms with Crippen LogP contribution in [0.4, 0.5) is 0 Å². The van der Waals surface area contributed by atoms with Crippen LogP contribution in [0, 0.1) is 5.92 Å². The second-order valence-electron chi connectivity index (χ2n) is 3.60.